The lowest BCUT2D eigenvalue weighted by Gasteiger charge is -2.49. The highest BCUT2D eigenvalue weighted by atomic mass is 35.5. The van der Waals surface area contributed by atoms with Gasteiger partial charge in [-0.2, -0.15) is 0 Å². The Hall–Kier alpha value is -3.82. The largest absolute Gasteiger partial charge is 0.541 e. The van der Waals surface area contributed by atoms with Crippen LogP contribution in [0.15, 0.2) is 40.7 Å². The van der Waals surface area contributed by atoms with Crippen LogP contribution >= 0.6 is 46.3 Å². The second-order valence-corrected chi connectivity index (χ2v) is 23.1. The van der Waals surface area contributed by atoms with Crippen molar-refractivity contribution < 1.29 is 52.1 Å². The van der Waals surface area contributed by atoms with Gasteiger partial charge in [0.15, 0.2) is 19.2 Å². The molecule has 0 spiro atoms. The SMILES string of the molecule is BOC(=O)[C@H](CO[Si](C)(C)C(C)(C)C)O/N=C(\C(=O)NC1C(=O)N2C(C(=O)OCc3ccc(OC)cc3)=C(CCl)CSC12)c1nc(NC(=O)OC(C)(C)C)sc1Cl. The maximum Gasteiger partial charge on any atom is 0.413 e. The summed E-state index contributed by atoms with van der Waals surface area (Å²) in [7, 11) is 0.312. The van der Waals surface area contributed by atoms with Crippen LogP contribution in [0.4, 0.5) is 9.93 Å². The average molecular weight is 887 g/mol. The number of alkyl halides is 1. The summed E-state index contributed by atoms with van der Waals surface area (Å²) in [6, 6.07) is 5.79. The molecule has 0 aliphatic carbocycles. The van der Waals surface area contributed by atoms with Gasteiger partial charge in [-0.05, 0) is 62.2 Å². The fourth-order valence-electron chi connectivity index (χ4n) is 4.90. The normalized spacial score (nSPS) is 17.8. The van der Waals surface area contributed by atoms with Crippen molar-refractivity contribution in [2.45, 2.75) is 89.4 Å². The van der Waals surface area contributed by atoms with E-state index in [1.54, 1.807) is 45.0 Å². The van der Waals surface area contributed by atoms with Gasteiger partial charge < -0.3 is 33.4 Å². The number of nitrogens with zero attached hydrogens (tertiary/aromatic N) is 3. The molecule has 57 heavy (non-hydrogen) atoms. The number of amides is 3. The minimum Gasteiger partial charge on any atom is -0.541 e. The molecule has 2 aliphatic heterocycles. The van der Waals surface area contributed by atoms with Crippen LogP contribution in [0.25, 0.3) is 0 Å². The lowest BCUT2D eigenvalue weighted by molar-refractivity contribution is -0.153. The summed E-state index contributed by atoms with van der Waals surface area (Å²) in [6.07, 6.45) is -2.24. The van der Waals surface area contributed by atoms with Crippen LogP contribution in [-0.4, -0.2) is 110 Å². The highest BCUT2D eigenvalue weighted by Gasteiger charge is 2.55. The molecule has 2 aliphatic rings. The lowest BCUT2D eigenvalue weighted by Crippen LogP contribution is -2.71. The van der Waals surface area contributed by atoms with Crippen LogP contribution in [0.5, 0.6) is 5.75 Å². The quantitative estimate of drug-likeness (QED) is 0.0608. The van der Waals surface area contributed by atoms with Gasteiger partial charge in [0.1, 0.15) is 45.1 Å². The number of halogens is 2. The summed E-state index contributed by atoms with van der Waals surface area (Å²) < 4.78 is 27.1. The fourth-order valence-corrected chi connectivity index (χ4v) is 8.61. The number of benzene rings is 1. The second-order valence-electron chi connectivity index (χ2n) is 15.3. The first-order chi connectivity index (χ1) is 26.6. The van der Waals surface area contributed by atoms with Crippen LogP contribution in [0.3, 0.4) is 0 Å². The van der Waals surface area contributed by atoms with E-state index in [1.165, 1.54) is 23.8 Å². The van der Waals surface area contributed by atoms with Crippen LogP contribution in [0.1, 0.15) is 52.8 Å². The zero-order valence-corrected chi connectivity index (χ0v) is 37.4. The molecule has 3 atom stereocenters. The Labute approximate surface area is 351 Å². The predicted molar refractivity (Wildman–Crippen MR) is 222 cm³/mol. The minimum atomic E-state index is -2.39. The summed E-state index contributed by atoms with van der Waals surface area (Å²) >= 11 is 14.8. The first kappa shape index (κ1) is 45.9. The van der Waals surface area contributed by atoms with Gasteiger partial charge >= 0.3 is 26.1 Å². The van der Waals surface area contributed by atoms with Gasteiger partial charge in [0.25, 0.3) is 11.8 Å². The number of aromatic nitrogens is 1. The predicted octanol–water partition coefficient (Wildman–Crippen LogP) is 4.99. The Kier molecular flexibility index (Phi) is 15.2. The molecule has 310 valence electrons. The van der Waals surface area contributed by atoms with Crippen molar-refractivity contribution in [2.24, 2.45) is 5.16 Å². The van der Waals surface area contributed by atoms with Crippen LogP contribution in [0.2, 0.25) is 22.5 Å². The highest BCUT2D eigenvalue weighted by molar-refractivity contribution is 8.00. The molecule has 2 unspecified atom stereocenters. The van der Waals surface area contributed by atoms with E-state index in [1.807, 2.05) is 33.9 Å². The maximum atomic E-state index is 14.1. The van der Waals surface area contributed by atoms with Gasteiger partial charge in [0, 0.05) is 11.6 Å². The monoisotopic (exact) mass is 885 g/mol. The zero-order chi connectivity index (χ0) is 42.5. The summed E-state index contributed by atoms with van der Waals surface area (Å²) in [6.45, 7) is 14.8. The van der Waals surface area contributed by atoms with E-state index in [0.717, 1.165) is 19.4 Å². The minimum absolute atomic E-state index is 0.00181. The van der Waals surface area contributed by atoms with E-state index in [9.17, 15) is 24.0 Å². The molecule has 0 radical (unpaired) electrons. The van der Waals surface area contributed by atoms with Gasteiger partial charge in [-0.3, -0.25) is 19.8 Å². The van der Waals surface area contributed by atoms with E-state index in [-0.39, 0.29) is 50.7 Å². The molecule has 2 aromatic rings. The first-order valence-corrected chi connectivity index (χ1v) is 23.2. The number of hydrogen-bond donors (Lipinski definition) is 2. The summed E-state index contributed by atoms with van der Waals surface area (Å²) in [4.78, 5) is 77.8. The van der Waals surface area contributed by atoms with E-state index in [4.69, 9.17) is 51.3 Å². The zero-order valence-electron chi connectivity index (χ0n) is 33.3. The van der Waals surface area contributed by atoms with Crippen molar-refractivity contribution in [2.75, 3.05) is 30.7 Å². The van der Waals surface area contributed by atoms with Crippen molar-refractivity contribution in [3.8, 4) is 5.75 Å². The molecule has 1 fully saturated rings. The molecule has 1 saturated heterocycles. The summed E-state index contributed by atoms with van der Waals surface area (Å²) in [5, 5.41) is 8.17. The molecule has 1 aromatic carbocycles. The van der Waals surface area contributed by atoms with E-state index in [0.29, 0.717) is 16.9 Å². The number of thioether (sulfide) groups is 1. The molecular formula is C35H46BCl2N5O11S2Si. The van der Waals surface area contributed by atoms with E-state index in [2.05, 4.69) is 20.8 Å². The number of carbonyl (C=O) groups excluding carboxylic acids is 5. The number of esters is 1. The molecule has 0 bridgehead atoms. The number of hydrogen-bond acceptors (Lipinski definition) is 15. The Balaban J connectivity index is 1.60. The third-order valence-corrected chi connectivity index (χ3v) is 16.3. The van der Waals surface area contributed by atoms with Crippen molar-refractivity contribution >= 4 is 103 Å². The molecule has 4 rings (SSSR count). The maximum absolute atomic E-state index is 14.1. The molecule has 0 saturated carbocycles. The number of rotatable bonds is 15. The van der Waals surface area contributed by atoms with Crippen molar-refractivity contribution in [1.29, 1.82) is 0 Å². The number of anilines is 1. The third-order valence-electron chi connectivity index (χ3n) is 8.99. The number of nitrogens with one attached hydrogen (secondary N) is 2. The van der Waals surface area contributed by atoms with Crippen LogP contribution in [0, 0.1) is 0 Å². The first-order valence-electron chi connectivity index (χ1n) is 17.6. The standard InChI is InChI=1S/C35H46BCl2N5O11S2Si/c1-34(2,3)52-33(48)41-32-40-22(26(38)56-32)23(42-54-21(30(46)53-36)16-51-57(8,9)35(4,5)6)27(44)39-24-28(45)43-25(19(14-37)17-55-29(24)43)31(47)50-15-18-10-12-20(49-7)13-11-18/h10-13,21,24,29H,14-17,36H2,1-9H3,(H,39,44)(H,40,41,48)/b42-23-/t21-,24?,29?/m0/s1. The average Bonchev–Trinajstić information content (AvgIpc) is 3.50. The topological polar surface area (TPSA) is 193 Å². The number of methoxy groups -OCH3 is 1. The van der Waals surface area contributed by atoms with Crippen LogP contribution < -0.4 is 15.4 Å². The smallest absolute Gasteiger partial charge is 0.413 e. The number of fused-ring (bicyclic) bond motifs is 1. The van der Waals surface area contributed by atoms with Crippen molar-refractivity contribution in [3.05, 3.63) is 51.1 Å². The third kappa shape index (κ3) is 11.4. The second kappa shape index (κ2) is 18.8. The number of β-lactam (4-membered cyclic amide) rings is 1. The Morgan fingerprint density at radius 3 is 2.37 bits per heavy atom. The molecule has 3 heterocycles. The fraction of sp³-hybridized carbons (Fsp3) is 0.514. The molecule has 22 heteroatoms. The van der Waals surface area contributed by atoms with Gasteiger partial charge in [-0.1, -0.05) is 61.0 Å². The molecule has 1 aromatic heterocycles. The van der Waals surface area contributed by atoms with Gasteiger partial charge in [0.2, 0.25) is 6.10 Å². The van der Waals surface area contributed by atoms with Gasteiger partial charge in [0.05, 0.1) is 13.7 Å². The Morgan fingerprint density at radius 1 is 1.12 bits per heavy atom. The highest BCUT2D eigenvalue weighted by Crippen LogP contribution is 2.41. The number of oxime groups is 1. The van der Waals surface area contributed by atoms with Crippen molar-refractivity contribution in [3.63, 3.8) is 0 Å². The molecular weight excluding hydrogens is 840 g/mol. The van der Waals surface area contributed by atoms with E-state index < -0.39 is 67.0 Å². The summed E-state index contributed by atoms with van der Waals surface area (Å²) in [5.41, 5.74) is -0.405. The number of carbonyl (C=O) groups is 5. The van der Waals surface area contributed by atoms with Crippen LogP contribution in [-0.2, 0) is 49.2 Å². The van der Waals surface area contributed by atoms with E-state index >= 15 is 0 Å². The molecule has 3 amide bonds. The number of ether oxygens (including phenoxy) is 3. The summed E-state index contributed by atoms with van der Waals surface area (Å²) in [5.74, 6) is -2.30. The Bertz CT molecular complexity index is 1920. The van der Waals surface area contributed by atoms with Gasteiger partial charge in [-0.15, -0.1) is 23.4 Å². The van der Waals surface area contributed by atoms with Gasteiger partial charge in [-0.25, -0.2) is 19.4 Å². The molecule has 2 N–H and O–H groups in total. The van der Waals surface area contributed by atoms with Crippen molar-refractivity contribution in [1.82, 2.24) is 15.2 Å². The Morgan fingerprint density at radius 2 is 1.79 bits per heavy atom. The molecule has 16 nitrogen and oxygen atoms in total. The lowest BCUT2D eigenvalue weighted by atomic mass is 10.0. The number of thiazole rings is 1.